The van der Waals surface area contributed by atoms with E-state index in [1.807, 2.05) is 25.2 Å². The maximum atomic E-state index is 13.7. The number of hydrogen-bond acceptors (Lipinski definition) is 6. The molecule has 0 atom stereocenters. The summed E-state index contributed by atoms with van der Waals surface area (Å²) in [7, 11) is 1.83. The fourth-order valence-corrected chi connectivity index (χ4v) is 3.98. The number of rotatable bonds is 5. The van der Waals surface area contributed by atoms with Crippen molar-refractivity contribution in [3.05, 3.63) is 77.0 Å². The second-order valence-corrected chi connectivity index (χ2v) is 8.00. The lowest BCUT2D eigenvalue weighted by molar-refractivity contribution is -0.117. The minimum absolute atomic E-state index is 0.00835. The molecule has 8 nitrogen and oxygen atoms in total. The molecule has 0 bridgehead atoms. The molecular formula is C23H19ClFN7O. The molecule has 4 aromatic rings. The molecule has 33 heavy (non-hydrogen) atoms. The van der Waals surface area contributed by atoms with E-state index in [1.54, 1.807) is 40.3 Å². The number of hydrogen-bond donors (Lipinski definition) is 1. The average molecular weight is 464 g/mol. The van der Waals surface area contributed by atoms with Gasteiger partial charge in [-0.05, 0) is 35.7 Å². The average Bonchev–Trinajstić information content (AvgIpc) is 3.42. The summed E-state index contributed by atoms with van der Waals surface area (Å²) in [5, 5.41) is 7.24. The van der Waals surface area contributed by atoms with Crippen molar-refractivity contribution in [1.29, 1.82) is 0 Å². The number of benzene rings is 1. The number of aromatic nitrogens is 5. The van der Waals surface area contributed by atoms with Crippen LogP contribution in [0.4, 0.5) is 22.0 Å². The van der Waals surface area contributed by atoms with Crippen molar-refractivity contribution < 1.29 is 9.18 Å². The third-order valence-electron chi connectivity index (χ3n) is 5.49. The van der Waals surface area contributed by atoms with Gasteiger partial charge in [-0.15, -0.1) is 0 Å². The lowest BCUT2D eigenvalue weighted by Crippen LogP contribution is -2.31. The number of carbonyl (C=O) groups is 1. The molecule has 1 aliphatic rings. The number of carbonyl (C=O) groups excluding carboxylic acids is 1. The van der Waals surface area contributed by atoms with E-state index in [2.05, 4.69) is 25.4 Å². The van der Waals surface area contributed by atoms with Gasteiger partial charge in [-0.2, -0.15) is 5.10 Å². The highest BCUT2D eigenvalue weighted by atomic mass is 35.5. The van der Waals surface area contributed by atoms with Gasteiger partial charge in [0.25, 0.3) is 0 Å². The predicted molar refractivity (Wildman–Crippen MR) is 123 cm³/mol. The maximum absolute atomic E-state index is 13.7. The maximum Gasteiger partial charge on any atom is 0.232 e. The summed E-state index contributed by atoms with van der Waals surface area (Å²) in [5.74, 6) is 1.12. The van der Waals surface area contributed by atoms with Crippen molar-refractivity contribution in [2.24, 2.45) is 7.05 Å². The largest absolute Gasteiger partial charge is 0.309 e. The van der Waals surface area contributed by atoms with Crippen LogP contribution in [0.3, 0.4) is 0 Å². The quantitative estimate of drug-likeness (QED) is 0.482. The lowest BCUT2D eigenvalue weighted by Gasteiger charge is -2.17. The van der Waals surface area contributed by atoms with E-state index in [9.17, 15) is 9.18 Å². The Kier molecular flexibility index (Phi) is 5.47. The molecule has 166 valence electrons. The van der Waals surface area contributed by atoms with E-state index in [0.717, 1.165) is 16.9 Å². The summed E-state index contributed by atoms with van der Waals surface area (Å²) in [4.78, 5) is 27.9. The summed E-state index contributed by atoms with van der Waals surface area (Å²) < 4.78 is 15.4. The highest BCUT2D eigenvalue weighted by Crippen LogP contribution is 2.31. The van der Waals surface area contributed by atoms with Gasteiger partial charge < -0.3 is 5.32 Å². The van der Waals surface area contributed by atoms with Gasteiger partial charge in [0.1, 0.15) is 17.5 Å². The smallest absolute Gasteiger partial charge is 0.232 e. The molecular weight excluding hydrogens is 445 g/mol. The number of nitrogens with one attached hydrogen (secondary N) is 1. The zero-order valence-electron chi connectivity index (χ0n) is 17.7. The summed E-state index contributed by atoms with van der Waals surface area (Å²) >= 11 is 6.02. The van der Waals surface area contributed by atoms with Crippen molar-refractivity contribution in [2.45, 2.75) is 12.8 Å². The van der Waals surface area contributed by atoms with Crippen molar-refractivity contribution in [1.82, 2.24) is 24.7 Å². The van der Waals surface area contributed by atoms with Crippen LogP contribution >= 0.6 is 11.6 Å². The van der Waals surface area contributed by atoms with Crippen LogP contribution in [-0.4, -0.2) is 37.2 Å². The Labute approximate surface area is 194 Å². The van der Waals surface area contributed by atoms with Gasteiger partial charge in [0, 0.05) is 37.6 Å². The number of aryl methyl sites for hydroxylation is 1. The fraction of sp³-hybridized carbons (Fsp3) is 0.174. The lowest BCUT2D eigenvalue weighted by atomic mass is 10.1. The first-order valence-corrected chi connectivity index (χ1v) is 10.7. The predicted octanol–water partition coefficient (Wildman–Crippen LogP) is 3.94. The second kappa shape index (κ2) is 8.59. The normalized spacial score (nSPS) is 12.6. The number of halogens is 2. The number of anilines is 3. The van der Waals surface area contributed by atoms with Crippen molar-refractivity contribution >= 4 is 35.1 Å². The molecule has 0 saturated heterocycles. The minimum atomic E-state index is -0.534. The van der Waals surface area contributed by atoms with Gasteiger partial charge >= 0.3 is 0 Å². The number of pyridine rings is 1. The Bertz CT molecular complexity index is 1360. The molecule has 1 amide bonds. The fourth-order valence-electron chi connectivity index (χ4n) is 3.79. The zero-order chi connectivity index (χ0) is 22.9. The molecule has 0 spiro atoms. The van der Waals surface area contributed by atoms with Crippen LogP contribution in [0.15, 0.2) is 55.0 Å². The molecule has 0 radical (unpaired) electrons. The van der Waals surface area contributed by atoms with Crippen LogP contribution in [0, 0.1) is 5.82 Å². The summed E-state index contributed by atoms with van der Waals surface area (Å²) in [6.07, 6.45) is 5.73. The zero-order valence-corrected chi connectivity index (χ0v) is 18.4. The topological polar surface area (TPSA) is 88.8 Å². The molecule has 0 fully saturated rings. The van der Waals surface area contributed by atoms with E-state index in [1.165, 1.54) is 6.07 Å². The summed E-state index contributed by atoms with van der Waals surface area (Å²) in [5.41, 5.74) is 2.94. The summed E-state index contributed by atoms with van der Waals surface area (Å²) in [6.45, 7) is 0.509. The SMILES string of the molecule is Cn1nccc1Nc1nccc(-c2cnc3c(c2)CCN3C(=O)Cc2cccc(F)c2Cl)n1. The van der Waals surface area contributed by atoms with E-state index >= 15 is 0 Å². The molecule has 3 aromatic heterocycles. The van der Waals surface area contributed by atoms with Crippen molar-refractivity contribution in [3.63, 3.8) is 0 Å². The summed E-state index contributed by atoms with van der Waals surface area (Å²) in [6, 6.07) is 10.1. The number of fused-ring (bicyclic) bond motifs is 1. The first kappa shape index (κ1) is 21.0. The third kappa shape index (κ3) is 4.14. The van der Waals surface area contributed by atoms with Crippen LogP contribution in [0.25, 0.3) is 11.3 Å². The molecule has 0 aliphatic carbocycles. The Morgan fingerprint density at radius 2 is 2.09 bits per heavy atom. The Balaban J connectivity index is 1.36. The third-order valence-corrected chi connectivity index (χ3v) is 5.91. The van der Waals surface area contributed by atoms with Crippen LogP contribution in [0.5, 0.6) is 0 Å². The van der Waals surface area contributed by atoms with Crippen LogP contribution in [-0.2, 0) is 24.7 Å². The molecule has 4 heterocycles. The molecule has 1 aromatic carbocycles. The standard InChI is InChI=1S/C23H19ClFN7O/c1-31-19(6-9-28-31)30-23-26-8-5-18(29-23)16-11-15-7-10-32(22(15)27-13-16)20(33)12-14-3-2-4-17(25)21(14)24/h2-6,8-9,11,13H,7,10,12H2,1H3,(H,26,29,30). The first-order chi connectivity index (χ1) is 16.0. The first-order valence-electron chi connectivity index (χ1n) is 10.3. The highest BCUT2D eigenvalue weighted by molar-refractivity contribution is 6.31. The Morgan fingerprint density at radius 3 is 2.91 bits per heavy atom. The van der Waals surface area contributed by atoms with Crippen LogP contribution in [0.1, 0.15) is 11.1 Å². The number of amides is 1. The van der Waals surface area contributed by atoms with Crippen LogP contribution < -0.4 is 10.2 Å². The number of nitrogens with zero attached hydrogens (tertiary/aromatic N) is 6. The van der Waals surface area contributed by atoms with Crippen molar-refractivity contribution in [2.75, 3.05) is 16.8 Å². The van der Waals surface area contributed by atoms with E-state index in [4.69, 9.17) is 11.6 Å². The van der Waals surface area contributed by atoms with Gasteiger partial charge in [0.15, 0.2) is 0 Å². The monoisotopic (exact) mass is 463 g/mol. The molecule has 0 unspecified atom stereocenters. The minimum Gasteiger partial charge on any atom is -0.309 e. The van der Waals surface area contributed by atoms with Gasteiger partial charge in [0.2, 0.25) is 11.9 Å². The van der Waals surface area contributed by atoms with Gasteiger partial charge in [-0.25, -0.2) is 19.3 Å². The molecule has 1 aliphatic heterocycles. The van der Waals surface area contributed by atoms with Crippen LogP contribution in [0.2, 0.25) is 5.02 Å². The molecule has 5 rings (SSSR count). The van der Waals surface area contributed by atoms with Crippen molar-refractivity contribution in [3.8, 4) is 11.3 Å². The highest BCUT2D eigenvalue weighted by Gasteiger charge is 2.27. The Hall–Kier alpha value is -3.85. The van der Waals surface area contributed by atoms with E-state index in [0.29, 0.717) is 36.0 Å². The van der Waals surface area contributed by atoms with Gasteiger partial charge in [-0.3, -0.25) is 14.4 Å². The molecule has 0 saturated carbocycles. The second-order valence-electron chi connectivity index (χ2n) is 7.62. The van der Waals surface area contributed by atoms with Gasteiger partial charge in [0.05, 0.1) is 23.3 Å². The molecule has 1 N–H and O–H groups in total. The van der Waals surface area contributed by atoms with Gasteiger partial charge in [-0.1, -0.05) is 23.7 Å². The molecule has 10 heteroatoms. The van der Waals surface area contributed by atoms with E-state index < -0.39 is 5.82 Å². The Morgan fingerprint density at radius 1 is 1.21 bits per heavy atom. The van der Waals surface area contributed by atoms with E-state index in [-0.39, 0.29) is 17.4 Å².